The first-order valence-electron chi connectivity index (χ1n) is 5.18. The summed E-state index contributed by atoms with van der Waals surface area (Å²) in [5, 5.41) is 2.78. The highest BCUT2D eigenvalue weighted by molar-refractivity contribution is 7.11. The molecular weight excluding hydrogens is 236 g/mol. The summed E-state index contributed by atoms with van der Waals surface area (Å²) < 4.78 is 0. The average Bonchev–Trinajstić information content (AvgIpc) is 2.67. The molecule has 0 aliphatic rings. The number of hydrogen-bond donors (Lipinski definition) is 2. The standard InChI is InChI=1S/C12H12N2O2S/c1-8-10(17-12(16)14-8)11(15)13-7-9-5-3-2-4-6-9/h2-6H,7H2,1H3,(H,13,15)(H,14,16). The Morgan fingerprint density at radius 1 is 1.35 bits per heavy atom. The summed E-state index contributed by atoms with van der Waals surface area (Å²) in [6.45, 7) is 2.18. The topological polar surface area (TPSA) is 62.0 Å². The van der Waals surface area contributed by atoms with Crippen LogP contribution < -0.4 is 10.2 Å². The number of benzene rings is 1. The second-order valence-electron chi connectivity index (χ2n) is 3.64. The molecule has 1 heterocycles. The van der Waals surface area contributed by atoms with Gasteiger partial charge in [-0.2, -0.15) is 0 Å². The first-order chi connectivity index (χ1) is 8.16. The Morgan fingerprint density at radius 2 is 2.06 bits per heavy atom. The van der Waals surface area contributed by atoms with Gasteiger partial charge in [-0.15, -0.1) is 0 Å². The maximum Gasteiger partial charge on any atom is 0.305 e. The van der Waals surface area contributed by atoms with E-state index >= 15 is 0 Å². The zero-order valence-corrected chi connectivity index (χ0v) is 10.1. The molecule has 5 heteroatoms. The zero-order chi connectivity index (χ0) is 12.3. The predicted molar refractivity (Wildman–Crippen MR) is 67.3 cm³/mol. The molecule has 0 saturated heterocycles. The van der Waals surface area contributed by atoms with Crippen LogP contribution in [-0.4, -0.2) is 10.9 Å². The van der Waals surface area contributed by atoms with Crippen LogP contribution in [0.5, 0.6) is 0 Å². The molecule has 1 aromatic heterocycles. The molecule has 2 N–H and O–H groups in total. The van der Waals surface area contributed by atoms with E-state index in [0.717, 1.165) is 16.9 Å². The molecule has 0 aliphatic carbocycles. The van der Waals surface area contributed by atoms with Gasteiger partial charge in [-0.05, 0) is 12.5 Å². The molecule has 0 saturated carbocycles. The van der Waals surface area contributed by atoms with Gasteiger partial charge in [0.1, 0.15) is 4.88 Å². The predicted octanol–water partition coefficient (Wildman–Crippen LogP) is 1.67. The van der Waals surface area contributed by atoms with E-state index in [9.17, 15) is 9.59 Å². The Labute approximate surface area is 102 Å². The molecular formula is C12H12N2O2S. The highest BCUT2D eigenvalue weighted by Crippen LogP contribution is 2.08. The number of carbonyl (C=O) groups excluding carboxylic acids is 1. The third-order valence-corrected chi connectivity index (χ3v) is 3.31. The van der Waals surface area contributed by atoms with Crippen molar-refractivity contribution in [1.29, 1.82) is 0 Å². The second kappa shape index (κ2) is 4.97. The van der Waals surface area contributed by atoms with Gasteiger partial charge in [-0.3, -0.25) is 9.59 Å². The van der Waals surface area contributed by atoms with E-state index < -0.39 is 0 Å². The number of amides is 1. The van der Waals surface area contributed by atoms with Crippen LogP contribution in [0.1, 0.15) is 20.9 Å². The lowest BCUT2D eigenvalue weighted by Gasteiger charge is -2.03. The van der Waals surface area contributed by atoms with Crippen molar-refractivity contribution in [2.45, 2.75) is 13.5 Å². The summed E-state index contributed by atoms with van der Waals surface area (Å²) in [7, 11) is 0. The fourth-order valence-corrected chi connectivity index (χ4v) is 2.24. The number of aromatic amines is 1. The van der Waals surface area contributed by atoms with Crippen molar-refractivity contribution in [3.8, 4) is 0 Å². The minimum Gasteiger partial charge on any atom is -0.347 e. The van der Waals surface area contributed by atoms with E-state index in [0.29, 0.717) is 17.1 Å². The molecule has 1 aromatic carbocycles. The number of thiazole rings is 1. The number of H-pyrrole nitrogens is 1. The first-order valence-corrected chi connectivity index (χ1v) is 6.00. The van der Waals surface area contributed by atoms with E-state index in [2.05, 4.69) is 10.3 Å². The zero-order valence-electron chi connectivity index (χ0n) is 9.32. The van der Waals surface area contributed by atoms with Gasteiger partial charge < -0.3 is 10.3 Å². The molecule has 2 aromatic rings. The van der Waals surface area contributed by atoms with Crippen LogP contribution >= 0.6 is 11.3 Å². The van der Waals surface area contributed by atoms with Crippen molar-refractivity contribution < 1.29 is 4.79 Å². The van der Waals surface area contributed by atoms with Crippen LogP contribution in [0.3, 0.4) is 0 Å². The molecule has 0 unspecified atom stereocenters. The summed E-state index contributed by atoms with van der Waals surface area (Å²) in [6, 6.07) is 9.63. The van der Waals surface area contributed by atoms with Gasteiger partial charge in [0.15, 0.2) is 0 Å². The molecule has 88 valence electrons. The maximum absolute atomic E-state index is 11.8. The van der Waals surface area contributed by atoms with Crippen LogP contribution in [0.25, 0.3) is 0 Å². The lowest BCUT2D eigenvalue weighted by Crippen LogP contribution is -2.22. The number of nitrogens with one attached hydrogen (secondary N) is 2. The molecule has 0 fully saturated rings. The third-order valence-electron chi connectivity index (χ3n) is 2.33. The summed E-state index contributed by atoms with van der Waals surface area (Å²) in [5.74, 6) is -0.213. The Kier molecular flexibility index (Phi) is 3.39. The molecule has 2 rings (SSSR count). The number of rotatable bonds is 3. The SMILES string of the molecule is Cc1[nH]c(=O)sc1C(=O)NCc1ccccc1. The van der Waals surface area contributed by atoms with Gasteiger partial charge in [0.2, 0.25) is 0 Å². The van der Waals surface area contributed by atoms with Crippen LogP contribution in [-0.2, 0) is 6.54 Å². The Bertz CT molecular complexity index is 572. The molecule has 0 bridgehead atoms. The van der Waals surface area contributed by atoms with Crippen molar-refractivity contribution in [3.05, 3.63) is 56.1 Å². The molecule has 1 amide bonds. The average molecular weight is 248 g/mol. The van der Waals surface area contributed by atoms with E-state index in [1.807, 2.05) is 30.3 Å². The fraction of sp³-hybridized carbons (Fsp3) is 0.167. The highest BCUT2D eigenvalue weighted by Gasteiger charge is 2.12. The van der Waals surface area contributed by atoms with Gasteiger partial charge >= 0.3 is 4.87 Å². The quantitative estimate of drug-likeness (QED) is 0.868. The first kappa shape index (κ1) is 11.6. The summed E-state index contributed by atoms with van der Waals surface area (Å²) in [4.78, 5) is 25.7. The summed E-state index contributed by atoms with van der Waals surface area (Å²) in [5.41, 5.74) is 1.65. The van der Waals surface area contributed by atoms with E-state index in [1.54, 1.807) is 6.92 Å². The van der Waals surface area contributed by atoms with Crippen molar-refractivity contribution in [2.24, 2.45) is 0 Å². The van der Waals surface area contributed by atoms with Crippen LogP contribution in [0.4, 0.5) is 0 Å². The molecule has 4 nitrogen and oxygen atoms in total. The van der Waals surface area contributed by atoms with E-state index in [4.69, 9.17) is 0 Å². The van der Waals surface area contributed by atoms with E-state index in [1.165, 1.54) is 0 Å². The molecule has 0 radical (unpaired) electrons. The van der Waals surface area contributed by atoms with Crippen LogP contribution in [0.15, 0.2) is 35.1 Å². The van der Waals surface area contributed by atoms with Crippen molar-refractivity contribution in [1.82, 2.24) is 10.3 Å². The van der Waals surface area contributed by atoms with Crippen LogP contribution in [0, 0.1) is 6.92 Å². The highest BCUT2D eigenvalue weighted by atomic mass is 32.1. The van der Waals surface area contributed by atoms with Gasteiger partial charge in [-0.1, -0.05) is 41.7 Å². The third kappa shape index (κ3) is 2.82. The van der Waals surface area contributed by atoms with Gasteiger partial charge in [0.25, 0.3) is 5.91 Å². The minimum atomic E-state index is -0.213. The summed E-state index contributed by atoms with van der Waals surface area (Å²) in [6.07, 6.45) is 0. The van der Waals surface area contributed by atoms with Crippen molar-refractivity contribution in [3.63, 3.8) is 0 Å². The smallest absolute Gasteiger partial charge is 0.305 e. The largest absolute Gasteiger partial charge is 0.347 e. The lowest BCUT2D eigenvalue weighted by molar-refractivity contribution is 0.0954. The summed E-state index contributed by atoms with van der Waals surface area (Å²) >= 11 is 0.934. The molecule has 0 aliphatic heterocycles. The number of hydrogen-bond acceptors (Lipinski definition) is 3. The van der Waals surface area contributed by atoms with Crippen molar-refractivity contribution in [2.75, 3.05) is 0 Å². The second-order valence-corrected chi connectivity index (χ2v) is 4.62. The Hall–Kier alpha value is -1.88. The number of aromatic nitrogens is 1. The van der Waals surface area contributed by atoms with Crippen LogP contribution in [0.2, 0.25) is 0 Å². The Morgan fingerprint density at radius 3 is 2.65 bits per heavy atom. The molecule has 0 atom stereocenters. The van der Waals surface area contributed by atoms with Crippen molar-refractivity contribution >= 4 is 17.2 Å². The van der Waals surface area contributed by atoms with Gasteiger partial charge in [0, 0.05) is 12.2 Å². The Balaban J connectivity index is 2.03. The van der Waals surface area contributed by atoms with Gasteiger partial charge in [0.05, 0.1) is 0 Å². The lowest BCUT2D eigenvalue weighted by atomic mass is 10.2. The number of aryl methyl sites for hydroxylation is 1. The molecule has 17 heavy (non-hydrogen) atoms. The maximum atomic E-state index is 11.8. The molecule has 0 spiro atoms. The minimum absolute atomic E-state index is 0.202. The number of carbonyl (C=O) groups is 1. The van der Waals surface area contributed by atoms with Gasteiger partial charge in [-0.25, -0.2) is 0 Å². The normalized spacial score (nSPS) is 10.2. The van der Waals surface area contributed by atoms with E-state index in [-0.39, 0.29) is 10.8 Å². The monoisotopic (exact) mass is 248 g/mol. The fourth-order valence-electron chi connectivity index (χ4n) is 1.48.